The molecule has 2 heterocycles. The summed E-state index contributed by atoms with van der Waals surface area (Å²) < 4.78 is 17.5. The Labute approximate surface area is 254 Å². The molecule has 45 heavy (non-hydrogen) atoms. The Morgan fingerprint density at radius 2 is 1.47 bits per heavy atom. The quantitative estimate of drug-likeness (QED) is 0.164. The number of aliphatic carboxylic acids is 1. The van der Waals surface area contributed by atoms with Gasteiger partial charge in [-0.3, -0.25) is 9.59 Å². The highest BCUT2D eigenvalue weighted by Gasteiger charge is 2.49. The van der Waals surface area contributed by atoms with Crippen molar-refractivity contribution < 1.29 is 74.9 Å². The standard InChI is InChI=1S/C30H30O15/c1-10-23(39)25(41)26(42)30(43-10)45-29-24(40)22-19(36)9-18(35)21(13(8-20(37)38)11-2-4-14(31)16(33)6-11)28(22)44-27(29)12-3-5-15(32)17(34)7-12/h2-7,9-10,13,23,25-27,29-36,39,41-42H,8H2,1H3,(H,37,38)/t10-,13?,23-,25+,26+,27-,29-,30-/m0/s1. The summed E-state index contributed by atoms with van der Waals surface area (Å²) in [4.78, 5) is 26.1. The molecule has 3 aromatic rings. The second kappa shape index (κ2) is 11.9. The fraction of sp³-hybridized carbons (Fsp3) is 0.333. The van der Waals surface area contributed by atoms with E-state index in [-0.39, 0.29) is 16.7 Å². The third-order valence-electron chi connectivity index (χ3n) is 7.85. The lowest BCUT2D eigenvalue weighted by molar-refractivity contribution is -0.304. The molecule has 2 aliphatic heterocycles. The fourth-order valence-corrected chi connectivity index (χ4v) is 5.49. The summed E-state index contributed by atoms with van der Waals surface area (Å²) in [6.45, 7) is 1.38. The van der Waals surface area contributed by atoms with E-state index < -0.39 is 113 Å². The van der Waals surface area contributed by atoms with Crippen LogP contribution in [0.4, 0.5) is 0 Å². The second-order valence-electron chi connectivity index (χ2n) is 10.8. The van der Waals surface area contributed by atoms with Crippen LogP contribution in [-0.2, 0) is 14.3 Å². The third kappa shape index (κ3) is 5.74. The van der Waals surface area contributed by atoms with Gasteiger partial charge >= 0.3 is 5.97 Å². The predicted octanol–water partition coefficient (Wildman–Crippen LogP) is 1.06. The number of phenolic OH excluding ortho intramolecular Hbond substituents is 6. The zero-order valence-corrected chi connectivity index (χ0v) is 23.4. The van der Waals surface area contributed by atoms with Gasteiger partial charge in [0.1, 0.15) is 41.1 Å². The van der Waals surface area contributed by atoms with Crippen molar-refractivity contribution in [1.29, 1.82) is 0 Å². The van der Waals surface area contributed by atoms with Crippen molar-refractivity contribution in [3.63, 3.8) is 0 Å². The normalized spacial score (nSPS) is 26.9. The maximum atomic E-state index is 14.1. The van der Waals surface area contributed by atoms with Crippen LogP contribution in [0.1, 0.15) is 52.4 Å². The van der Waals surface area contributed by atoms with Gasteiger partial charge in [0, 0.05) is 17.5 Å². The summed E-state index contributed by atoms with van der Waals surface area (Å²) in [5, 5.41) is 103. The molecule has 15 nitrogen and oxygen atoms in total. The van der Waals surface area contributed by atoms with Gasteiger partial charge in [0.25, 0.3) is 0 Å². The van der Waals surface area contributed by atoms with Crippen molar-refractivity contribution in [3.8, 4) is 40.2 Å². The molecule has 0 saturated carbocycles. The summed E-state index contributed by atoms with van der Waals surface area (Å²) in [6, 6.07) is 7.55. The van der Waals surface area contributed by atoms with Gasteiger partial charge < -0.3 is 65.3 Å². The van der Waals surface area contributed by atoms with Crippen LogP contribution >= 0.6 is 0 Å². The van der Waals surface area contributed by atoms with Crippen molar-refractivity contribution in [2.24, 2.45) is 0 Å². The Morgan fingerprint density at radius 3 is 2.09 bits per heavy atom. The van der Waals surface area contributed by atoms with Crippen molar-refractivity contribution in [1.82, 2.24) is 0 Å². The summed E-state index contributed by atoms with van der Waals surface area (Å²) >= 11 is 0. The molecule has 0 spiro atoms. The number of rotatable bonds is 7. The topological polar surface area (TPSA) is 264 Å². The Hall–Kier alpha value is -4.80. The smallest absolute Gasteiger partial charge is 0.304 e. The van der Waals surface area contributed by atoms with Crippen LogP contribution in [0.3, 0.4) is 0 Å². The maximum absolute atomic E-state index is 14.1. The van der Waals surface area contributed by atoms with Crippen LogP contribution in [0, 0.1) is 0 Å². The molecule has 15 heteroatoms. The third-order valence-corrected chi connectivity index (χ3v) is 7.85. The van der Waals surface area contributed by atoms with E-state index in [4.69, 9.17) is 14.2 Å². The Bertz CT molecular complexity index is 1640. The molecular weight excluding hydrogens is 600 g/mol. The molecule has 3 aromatic carbocycles. The van der Waals surface area contributed by atoms with E-state index in [1.165, 1.54) is 19.1 Å². The molecule has 2 aliphatic rings. The van der Waals surface area contributed by atoms with E-state index in [1.807, 2.05) is 0 Å². The minimum atomic E-state index is -1.86. The van der Waals surface area contributed by atoms with Crippen LogP contribution in [0.2, 0.25) is 0 Å². The first-order chi connectivity index (χ1) is 21.2. The largest absolute Gasteiger partial charge is 0.507 e. The number of ether oxygens (including phenoxy) is 3. The number of ketones is 1. The van der Waals surface area contributed by atoms with Gasteiger partial charge in [-0.15, -0.1) is 0 Å². The monoisotopic (exact) mass is 630 g/mol. The molecule has 0 aromatic heterocycles. The molecule has 240 valence electrons. The lowest BCUT2D eigenvalue weighted by Crippen LogP contribution is -2.59. The summed E-state index contributed by atoms with van der Waals surface area (Å²) in [6.07, 6.45) is -12.0. The van der Waals surface area contributed by atoms with Crippen molar-refractivity contribution >= 4 is 11.8 Å². The average molecular weight is 631 g/mol. The van der Waals surface area contributed by atoms with Gasteiger partial charge in [-0.25, -0.2) is 0 Å². The lowest BCUT2D eigenvalue weighted by atomic mass is 9.83. The van der Waals surface area contributed by atoms with E-state index in [9.17, 15) is 60.7 Å². The highest BCUT2D eigenvalue weighted by atomic mass is 16.7. The van der Waals surface area contributed by atoms with Crippen LogP contribution in [-0.4, -0.2) is 99.6 Å². The molecule has 1 saturated heterocycles. The van der Waals surface area contributed by atoms with Crippen LogP contribution in [0.25, 0.3) is 0 Å². The zero-order chi connectivity index (χ0) is 32.9. The minimum absolute atomic E-state index is 0.000856. The Morgan fingerprint density at radius 1 is 0.822 bits per heavy atom. The first-order valence-electron chi connectivity index (χ1n) is 13.6. The second-order valence-corrected chi connectivity index (χ2v) is 10.8. The predicted molar refractivity (Wildman–Crippen MR) is 148 cm³/mol. The number of phenols is 6. The van der Waals surface area contributed by atoms with Gasteiger partial charge in [-0.05, 0) is 42.3 Å². The number of carboxylic acid groups (broad SMARTS) is 1. The fourth-order valence-electron chi connectivity index (χ4n) is 5.49. The molecule has 0 amide bonds. The Balaban J connectivity index is 1.69. The molecule has 10 N–H and O–H groups in total. The SMILES string of the molecule is C[C@@H]1O[C@@H](O[C@H]2C(=O)c3c(O)cc(O)c(C(CC(=O)O)c4ccc(O)c(O)c4)c3O[C@H]2c2ccc(O)c(O)c2)[C@H](O)[C@H](O)[C@H]1O. The number of hydrogen-bond acceptors (Lipinski definition) is 14. The number of aliphatic hydroxyl groups is 3. The molecule has 0 radical (unpaired) electrons. The molecule has 0 bridgehead atoms. The highest BCUT2D eigenvalue weighted by molar-refractivity contribution is 6.06. The van der Waals surface area contributed by atoms with E-state index in [0.29, 0.717) is 0 Å². The number of aromatic hydroxyl groups is 6. The van der Waals surface area contributed by atoms with E-state index in [2.05, 4.69) is 0 Å². The first kappa shape index (κ1) is 31.6. The van der Waals surface area contributed by atoms with Crippen molar-refractivity contribution in [2.75, 3.05) is 0 Å². The van der Waals surface area contributed by atoms with E-state index in [0.717, 1.165) is 30.3 Å². The maximum Gasteiger partial charge on any atom is 0.304 e. The van der Waals surface area contributed by atoms with Gasteiger partial charge in [0.15, 0.2) is 41.5 Å². The van der Waals surface area contributed by atoms with Gasteiger partial charge in [0.2, 0.25) is 5.78 Å². The molecule has 8 atom stereocenters. The summed E-state index contributed by atoms with van der Waals surface area (Å²) in [7, 11) is 0. The number of fused-ring (bicyclic) bond motifs is 1. The van der Waals surface area contributed by atoms with Crippen LogP contribution < -0.4 is 4.74 Å². The minimum Gasteiger partial charge on any atom is -0.507 e. The number of carbonyl (C=O) groups is 2. The number of hydrogen-bond donors (Lipinski definition) is 10. The molecule has 1 fully saturated rings. The van der Waals surface area contributed by atoms with Gasteiger partial charge in [-0.1, -0.05) is 12.1 Å². The number of carboxylic acids is 1. The number of benzene rings is 3. The van der Waals surface area contributed by atoms with Crippen molar-refractivity contribution in [3.05, 3.63) is 64.7 Å². The van der Waals surface area contributed by atoms with E-state index >= 15 is 0 Å². The number of carbonyl (C=O) groups excluding carboxylic acids is 1. The van der Waals surface area contributed by atoms with Crippen LogP contribution in [0.15, 0.2) is 42.5 Å². The Kier molecular flexibility index (Phi) is 8.39. The molecule has 0 aliphatic carbocycles. The number of Topliss-reactive ketones (excluding diaryl/α,β-unsaturated/α-hetero) is 1. The summed E-state index contributed by atoms with van der Waals surface area (Å²) in [5.41, 5.74) is -0.788. The molecular formula is C30H30O15. The van der Waals surface area contributed by atoms with Crippen molar-refractivity contribution in [2.45, 2.75) is 62.2 Å². The molecule has 1 unspecified atom stereocenters. The summed E-state index contributed by atoms with van der Waals surface area (Å²) in [5.74, 6) is -7.96. The highest BCUT2D eigenvalue weighted by Crippen LogP contribution is 2.51. The van der Waals surface area contributed by atoms with Gasteiger partial charge in [0.05, 0.1) is 12.5 Å². The number of aliphatic hydroxyl groups excluding tert-OH is 3. The average Bonchev–Trinajstić information content (AvgIpc) is 2.97. The van der Waals surface area contributed by atoms with Crippen LogP contribution in [0.5, 0.6) is 40.2 Å². The lowest BCUT2D eigenvalue weighted by Gasteiger charge is -2.42. The molecule has 5 rings (SSSR count). The van der Waals surface area contributed by atoms with E-state index in [1.54, 1.807) is 0 Å². The first-order valence-corrected chi connectivity index (χ1v) is 13.6. The zero-order valence-electron chi connectivity index (χ0n) is 23.4. The van der Waals surface area contributed by atoms with Gasteiger partial charge in [-0.2, -0.15) is 0 Å².